The zero-order valence-electron chi connectivity index (χ0n) is 12.3. The Kier molecular flexibility index (Phi) is 6.12. The smallest absolute Gasteiger partial charge is 0.261 e. The molecule has 0 bridgehead atoms. The van der Waals surface area contributed by atoms with Gasteiger partial charge in [0.2, 0.25) is 0 Å². The van der Waals surface area contributed by atoms with Gasteiger partial charge in [0.05, 0.1) is 11.0 Å². The molecule has 2 unspecified atom stereocenters. The number of hydrogen-bond acceptors (Lipinski definition) is 4. The molecule has 0 aliphatic carbocycles. The average Bonchev–Trinajstić information content (AvgIpc) is 3.15. The van der Waals surface area contributed by atoms with E-state index in [-0.39, 0.29) is 30.0 Å². The molecule has 1 amide bonds. The van der Waals surface area contributed by atoms with E-state index >= 15 is 0 Å². The van der Waals surface area contributed by atoms with Gasteiger partial charge < -0.3 is 15.7 Å². The summed E-state index contributed by atoms with van der Waals surface area (Å²) in [5, 5.41) is 15.6. The number of aliphatic hydroxyl groups is 1. The Morgan fingerprint density at radius 3 is 2.65 bits per heavy atom. The number of hydrogen-bond donors (Lipinski definition) is 3. The summed E-state index contributed by atoms with van der Waals surface area (Å²) < 4.78 is 12.9. The van der Waals surface area contributed by atoms with E-state index in [1.807, 2.05) is 6.07 Å². The number of aliphatic hydroxyl groups excluding tert-OH is 1. The second kappa shape index (κ2) is 7.88. The quantitative estimate of drug-likeness (QED) is 0.787. The van der Waals surface area contributed by atoms with Crippen LogP contribution in [0.15, 0.2) is 36.4 Å². The maximum absolute atomic E-state index is 12.9. The van der Waals surface area contributed by atoms with Crippen LogP contribution in [-0.4, -0.2) is 36.8 Å². The lowest BCUT2D eigenvalue weighted by molar-refractivity contribution is 0.0931. The normalized spacial score (nSPS) is 20.1. The van der Waals surface area contributed by atoms with Crippen LogP contribution in [0.3, 0.4) is 0 Å². The number of thiophene rings is 1. The van der Waals surface area contributed by atoms with Gasteiger partial charge in [-0.05, 0) is 29.8 Å². The van der Waals surface area contributed by atoms with E-state index in [1.54, 1.807) is 18.2 Å². The highest BCUT2D eigenvalue weighted by Crippen LogP contribution is 2.28. The highest BCUT2D eigenvalue weighted by Gasteiger charge is 2.25. The van der Waals surface area contributed by atoms with E-state index in [0.29, 0.717) is 24.5 Å². The van der Waals surface area contributed by atoms with Crippen molar-refractivity contribution in [3.8, 4) is 10.4 Å². The fourth-order valence-electron chi connectivity index (χ4n) is 2.47. The van der Waals surface area contributed by atoms with Gasteiger partial charge >= 0.3 is 0 Å². The van der Waals surface area contributed by atoms with Gasteiger partial charge in [0.15, 0.2) is 0 Å². The lowest BCUT2D eigenvalue weighted by Crippen LogP contribution is -2.33. The van der Waals surface area contributed by atoms with Crippen molar-refractivity contribution in [3.63, 3.8) is 0 Å². The van der Waals surface area contributed by atoms with Crippen molar-refractivity contribution in [2.45, 2.75) is 6.10 Å². The van der Waals surface area contributed by atoms with Gasteiger partial charge in [-0.3, -0.25) is 4.79 Å². The van der Waals surface area contributed by atoms with Crippen LogP contribution < -0.4 is 10.6 Å². The highest BCUT2D eigenvalue weighted by atomic mass is 35.5. The molecule has 2 heterocycles. The van der Waals surface area contributed by atoms with E-state index in [9.17, 15) is 14.3 Å². The molecule has 1 aliphatic heterocycles. The summed E-state index contributed by atoms with van der Waals surface area (Å²) >= 11 is 1.37. The zero-order chi connectivity index (χ0) is 15.5. The molecule has 1 aromatic heterocycles. The molecule has 1 saturated heterocycles. The molecule has 2 aromatic rings. The molecule has 1 aliphatic rings. The molecule has 1 fully saturated rings. The lowest BCUT2D eigenvalue weighted by Gasteiger charge is -2.13. The Balaban J connectivity index is 0.00000192. The molecular formula is C16H18ClFN2O2S. The van der Waals surface area contributed by atoms with Gasteiger partial charge in [0.1, 0.15) is 5.82 Å². The number of amides is 1. The van der Waals surface area contributed by atoms with E-state index in [1.165, 1.54) is 23.5 Å². The predicted molar refractivity (Wildman–Crippen MR) is 91.7 cm³/mol. The first-order valence-corrected chi connectivity index (χ1v) is 7.98. The monoisotopic (exact) mass is 356 g/mol. The minimum absolute atomic E-state index is 0. The molecule has 0 radical (unpaired) electrons. The van der Waals surface area contributed by atoms with Crippen LogP contribution >= 0.6 is 23.7 Å². The van der Waals surface area contributed by atoms with Crippen LogP contribution in [0.4, 0.5) is 4.39 Å². The summed E-state index contributed by atoms with van der Waals surface area (Å²) in [6.45, 7) is 1.75. The van der Waals surface area contributed by atoms with Gasteiger partial charge in [-0.1, -0.05) is 12.1 Å². The van der Waals surface area contributed by atoms with Gasteiger partial charge in [-0.25, -0.2) is 4.39 Å². The van der Waals surface area contributed by atoms with Gasteiger partial charge in [0, 0.05) is 30.4 Å². The van der Waals surface area contributed by atoms with Gasteiger partial charge in [0.25, 0.3) is 5.91 Å². The van der Waals surface area contributed by atoms with E-state index in [0.717, 1.165) is 10.4 Å². The van der Waals surface area contributed by atoms with Crippen molar-refractivity contribution in [3.05, 3.63) is 47.1 Å². The second-order valence-electron chi connectivity index (χ2n) is 5.37. The SMILES string of the molecule is Cl.O=C(NCC1CNCC1O)c1ccc(-c2ccc(F)cc2)s1. The largest absolute Gasteiger partial charge is 0.391 e. The van der Waals surface area contributed by atoms with Crippen LogP contribution in [0.1, 0.15) is 9.67 Å². The van der Waals surface area contributed by atoms with Crippen molar-refractivity contribution in [1.82, 2.24) is 10.6 Å². The van der Waals surface area contributed by atoms with Crippen molar-refractivity contribution in [2.75, 3.05) is 19.6 Å². The molecular weight excluding hydrogens is 339 g/mol. The number of halogens is 2. The predicted octanol–water partition coefficient (Wildman–Crippen LogP) is 2.29. The first-order chi connectivity index (χ1) is 10.6. The number of carbonyl (C=O) groups is 1. The summed E-state index contributed by atoms with van der Waals surface area (Å²) in [7, 11) is 0. The number of nitrogens with one attached hydrogen (secondary N) is 2. The summed E-state index contributed by atoms with van der Waals surface area (Å²) in [6, 6.07) is 9.83. The molecule has 0 saturated carbocycles. The minimum atomic E-state index is -0.404. The molecule has 23 heavy (non-hydrogen) atoms. The Labute approximate surface area is 144 Å². The Morgan fingerprint density at radius 2 is 2.00 bits per heavy atom. The standard InChI is InChI=1S/C16H17FN2O2S.ClH/c17-12-3-1-10(2-4-12)14-5-6-15(22-14)16(21)19-8-11-7-18-9-13(11)20;/h1-6,11,13,18,20H,7-9H2,(H,19,21);1H. The van der Waals surface area contributed by atoms with Crippen molar-refractivity contribution in [1.29, 1.82) is 0 Å². The van der Waals surface area contributed by atoms with Crippen LogP contribution in [-0.2, 0) is 0 Å². The maximum Gasteiger partial charge on any atom is 0.261 e. The number of benzene rings is 1. The topological polar surface area (TPSA) is 61.4 Å². The number of carbonyl (C=O) groups excluding carboxylic acids is 1. The Hall–Kier alpha value is -1.47. The fourth-order valence-corrected chi connectivity index (χ4v) is 3.40. The summed E-state index contributed by atoms with van der Waals surface area (Å²) in [4.78, 5) is 13.7. The molecule has 0 spiro atoms. The molecule has 3 rings (SSSR count). The summed E-state index contributed by atoms with van der Waals surface area (Å²) in [5.41, 5.74) is 0.890. The molecule has 1 aromatic carbocycles. The van der Waals surface area contributed by atoms with Crippen LogP contribution in [0.25, 0.3) is 10.4 Å². The van der Waals surface area contributed by atoms with Crippen LogP contribution in [0.2, 0.25) is 0 Å². The zero-order valence-corrected chi connectivity index (χ0v) is 13.9. The Bertz CT molecular complexity index is 662. The molecule has 7 heteroatoms. The van der Waals surface area contributed by atoms with Crippen molar-refractivity contribution < 1.29 is 14.3 Å². The Morgan fingerprint density at radius 1 is 1.26 bits per heavy atom. The third kappa shape index (κ3) is 4.29. The maximum atomic E-state index is 12.9. The first-order valence-electron chi connectivity index (χ1n) is 7.16. The van der Waals surface area contributed by atoms with Crippen molar-refractivity contribution >= 4 is 29.7 Å². The first kappa shape index (κ1) is 17.9. The fraction of sp³-hybridized carbons (Fsp3) is 0.312. The third-order valence-electron chi connectivity index (χ3n) is 3.79. The average molecular weight is 357 g/mol. The van der Waals surface area contributed by atoms with E-state index < -0.39 is 6.10 Å². The third-order valence-corrected chi connectivity index (χ3v) is 4.92. The summed E-state index contributed by atoms with van der Waals surface area (Å²) in [5.74, 6) is -0.361. The number of rotatable bonds is 4. The second-order valence-corrected chi connectivity index (χ2v) is 6.45. The number of β-amino-alcohol motifs (C(OH)–C–C–N with tert-alkyl or cyclic N) is 1. The van der Waals surface area contributed by atoms with Crippen molar-refractivity contribution in [2.24, 2.45) is 5.92 Å². The molecule has 124 valence electrons. The van der Waals surface area contributed by atoms with Gasteiger partial charge in [-0.2, -0.15) is 0 Å². The highest BCUT2D eigenvalue weighted by molar-refractivity contribution is 7.17. The lowest BCUT2D eigenvalue weighted by atomic mass is 10.1. The van der Waals surface area contributed by atoms with Gasteiger partial charge in [-0.15, -0.1) is 23.7 Å². The molecule has 3 N–H and O–H groups in total. The van der Waals surface area contributed by atoms with E-state index in [4.69, 9.17) is 0 Å². The van der Waals surface area contributed by atoms with Crippen LogP contribution in [0, 0.1) is 11.7 Å². The molecule has 4 nitrogen and oxygen atoms in total. The minimum Gasteiger partial charge on any atom is -0.391 e. The summed E-state index contributed by atoms with van der Waals surface area (Å²) in [6.07, 6.45) is -0.404. The van der Waals surface area contributed by atoms with Crippen LogP contribution in [0.5, 0.6) is 0 Å². The molecule has 2 atom stereocenters. The van der Waals surface area contributed by atoms with E-state index in [2.05, 4.69) is 10.6 Å².